The molecule has 2 aromatic carbocycles. The van der Waals surface area contributed by atoms with Crippen LogP contribution in [0, 0.1) is 11.8 Å². The number of carbonyl (C=O) groups is 3. The van der Waals surface area contributed by atoms with Crippen molar-refractivity contribution in [2.75, 3.05) is 44.0 Å². The number of hydrogen-bond donors (Lipinski definition) is 3. The lowest BCUT2D eigenvalue weighted by Crippen LogP contribution is -2.48. The summed E-state index contributed by atoms with van der Waals surface area (Å²) in [5.74, 6) is 0.212. The van der Waals surface area contributed by atoms with Crippen LogP contribution in [0.5, 0.6) is 5.75 Å². The standard InChI is InChI=1S/C36H52N4O6/c1-25-22-40(26(2)24-41)35(43)31-21-30(38-36(44)37-29-16-9-6-10-17-29)18-19-32(31)46-27(3)13-11-12-20-45-33(25)23-39(4)34(42)28-14-7-5-8-15-28/h6,9-10,16-19,21,25-28,33,41H,5,7-8,11-15,20,22-24H2,1-4H3,(H2,37,38,44)/t25-,26+,27+,33+/m0/s1. The van der Waals surface area contributed by atoms with Gasteiger partial charge in [-0.2, -0.15) is 0 Å². The Kier molecular flexibility index (Phi) is 13.3. The molecule has 2 aromatic rings. The molecule has 1 fully saturated rings. The topological polar surface area (TPSA) is 120 Å². The molecule has 3 N–H and O–H groups in total. The SMILES string of the molecule is C[C@@H]1CCCCO[C@H](CN(C)C(=O)C2CCCCC2)[C@@H](C)CN([C@H](C)CO)C(=O)c2cc(NC(=O)Nc3ccccc3)ccc2O1. The van der Waals surface area contributed by atoms with Gasteiger partial charge in [-0.25, -0.2) is 4.79 Å². The zero-order valence-corrected chi connectivity index (χ0v) is 27.9. The molecule has 4 rings (SSSR count). The molecule has 1 heterocycles. The third kappa shape index (κ3) is 9.93. The average Bonchev–Trinajstić information content (AvgIpc) is 3.06. The minimum atomic E-state index is -0.492. The van der Waals surface area contributed by atoms with E-state index in [0.29, 0.717) is 42.4 Å². The van der Waals surface area contributed by atoms with Gasteiger partial charge in [0.05, 0.1) is 30.4 Å². The van der Waals surface area contributed by atoms with E-state index in [0.717, 1.165) is 44.9 Å². The van der Waals surface area contributed by atoms with Gasteiger partial charge in [0.2, 0.25) is 5.91 Å². The summed E-state index contributed by atoms with van der Waals surface area (Å²) in [6.07, 6.45) is 7.30. The lowest BCUT2D eigenvalue weighted by Gasteiger charge is -2.36. The van der Waals surface area contributed by atoms with E-state index in [-0.39, 0.29) is 42.5 Å². The van der Waals surface area contributed by atoms with Crippen LogP contribution in [0.1, 0.15) is 82.5 Å². The summed E-state index contributed by atoms with van der Waals surface area (Å²) in [4.78, 5) is 43.9. The molecule has 1 aliphatic heterocycles. The number of rotatable bonds is 7. The van der Waals surface area contributed by atoms with Crippen LogP contribution in [0.2, 0.25) is 0 Å². The summed E-state index contributed by atoms with van der Waals surface area (Å²) < 4.78 is 12.7. The number of aliphatic hydroxyl groups excluding tert-OH is 1. The average molecular weight is 637 g/mol. The van der Waals surface area contributed by atoms with Crippen molar-refractivity contribution in [2.24, 2.45) is 11.8 Å². The molecule has 1 aliphatic carbocycles. The Balaban J connectivity index is 1.58. The van der Waals surface area contributed by atoms with Crippen molar-refractivity contribution in [1.29, 1.82) is 0 Å². The molecule has 0 saturated heterocycles. The molecule has 10 nitrogen and oxygen atoms in total. The van der Waals surface area contributed by atoms with E-state index in [1.807, 2.05) is 44.0 Å². The highest BCUT2D eigenvalue weighted by Gasteiger charge is 2.32. The Morgan fingerprint density at radius 3 is 2.39 bits per heavy atom. The minimum Gasteiger partial charge on any atom is -0.490 e. The molecule has 4 amide bonds. The Bertz CT molecular complexity index is 1280. The first kappa shape index (κ1) is 35.2. The smallest absolute Gasteiger partial charge is 0.323 e. The molecule has 0 radical (unpaired) electrons. The van der Waals surface area contributed by atoms with Crippen molar-refractivity contribution in [2.45, 2.75) is 90.4 Å². The number of anilines is 2. The molecule has 1 saturated carbocycles. The summed E-state index contributed by atoms with van der Waals surface area (Å²) in [5, 5.41) is 15.8. The van der Waals surface area contributed by atoms with E-state index < -0.39 is 12.1 Å². The number of urea groups is 1. The van der Waals surface area contributed by atoms with Crippen molar-refractivity contribution in [1.82, 2.24) is 9.80 Å². The summed E-state index contributed by atoms with van der Waals surface area (Å²) in [5.41, 5.74) is 1.38. The number of fused-ring (bicyclic) bond motifs is 1. The first-order valence-corrected chi connectivity index (χ1v) is 16.9. The first-order chi connectivity index (χ1) is 22.2. The fourth-order valence-corrected chi connectivity index (χ4v) is 6.30. The maximum atomic E-state index is 14.3. The van der Waals surface area contributed by atoms with E-state index in [9.17, 15) is 19.5 Å². The molecule has 10 heteroatoms. The van der Waals surface area contributed by atoms with Gasteiger partial charge in [-0.3, -0.25) is 9.59 Å². The number of likely N-dealkylation sites (N-methyl/N-ethyl adjacent to an activating group) is 1. The van der Waals surface area contributed by atoms with Crippen molar-refractivity contribution in [3.8, 4) is 5.75 Å². The summed E-state index contributed by atoms with van der Waals surface area (Å²) >= 11 is 0. The van der Waals surface area contributed by atoms with Gasteiger partial charge in [0, 0.05) is 50.0 Å². The second-order valence-electron chi connectivity index (χ2n) is 13.0. The molecule has 2 aliphatic rings. The van der Waals surface area contributed by atoms with Crippen LogP contribution in [0.3, 0.4) is 0 Å². The largest absolute Gasteiger partial charge is 0.490 e. The van der Waals surface area contributed by atoms with Crippen LogP contribution < -0.4 is 15.4 Å². The van der Waals surface area contributed by atoms with Crippen molar-refractivity contribution in [3.05, 3.63) is 54.1 Å². The molecular formula is C36H52N4O6. The van der Waals surface area contributed by atoms with Gasteiger partial charge in [0.15, 0.2) is 0 Å². The number of nitrogens with zero attached hydrogens (tertiary/aromatic N) is 2. The highest BCUT2D eigenvalue weighted by atomic mass is 16.5. The van der Waals surface area contributed by atoms with Crippen molar-refractivity contribution < 1.29 is 29.0 Å². The van der Waals surface area contributed by atoms with Crippen LogP contribution in [-0.2, 0) is 9.53 Å². The number of carbonyl (C=O) groups excluding carboxylic acids is 3. The first-order valence-electron chi connectivity index (χ1n) is 16.9. The number of benzene rings is 2. The monoisotopic (exact) mass is 636 g/mol. The normalized spacial score (nSPS) is 22.5. The number of ether oxygens (including phenoxy) is 2. The summed E-state index contributed by atoms with van der Waals surface area (Å²) in [6.45, 7) is 6.88. The van der Waals surface area contributed by atoms with E-state index in [1.54, 1.807) is 42.2 Å². The summed E-state index contributed by atoms with van der Waals surface area (Å²) in [7, 11) is 1.86. The van der Waals surface area contributed by atoms with E-state index in [4.69, 9.17) is 9.47 Å². The molecule has 0 unspecified atom stereocenters. The number of para-hydroxylation sites is 1. The quantitative estimate of drug-likeness (QED) is 0.335. The van der Waals surface area contributed by atoms with Crippen molar-refractivity contribution in [3.63, 3.8) is 0 Å². The molecule has 0 spiro atoms. The Hall–Kier alpha value is -3.63. The predicted molar refractivity (Wildman–Crippen MR) is 180 cm³/mol. The number of aliphatic hydroxyl groups is 1. The molecule has 46 heavy (non-hydrogen) atoms. The Morgan fingerprint density at radius 2 is 1.67 bits per heavy atom. The van der Waals surface area contributed by atoms with Gasteiger partial charge in [-0.05, 0) is 76.3 Å². The summed E-state index contributed by atoms with van der Waals surface area (Å²) in [6, 6.07) is 13.3. The Morgan fingerprint density at radius 1 is 0.978 bits per heavy atom. The number of nitrogens with one attached hydrogen (secondary N) is 2. The lowest BCUT2D eigenvalue weighted by molar-refractivity contribution is -0.137. The fraction of sp³-hybridized carbons (Fsp3) is 0.583. The zero-order chi connectivity index (χ0) is 33.1. The highest BCUT2D eigenvalue weighted by Crippen LogP contribution is 2.29. The molecule has 0 bridgehead atoms. The molecular weight excluding hydrogens is 584 g/mol. The van der Waals surface area contributed by atoms with E-state index in [2.05, 4.69) is 10.6 Å². The van der Waals surface area contributed by atoms with Crippen molar-refractivity contribution >= 4 is 29.2 Å². The number of hydrogen-bond acceptors (Lipinski definition) is 6. The van der Waals surface area contributed by atoms with Crippen LogP contribution in [-0.4, -0.2) is 84.4 Å². The zero-order valence-electron chi connectivity index (χ0n) is 27.9. The van der Waals surface area contributed by atoms with Gasteiger partial charge in [0.25, 0.3) is 5.91 Å². The maximum Gasteiger partial charge on any atom is 0.323 e. The minimum absolute atomic E-state index is 0.0654. The van der Waals surface area contributed by atoms with E-state index >= 15 is 0 Å². The van der Waals surface area contributed by atoms with Crippen LogP contribution in [0.25, 0.3) is 0 Å². The molecule has 4 atom stereocenters. The third-order valence-corrected chi connectivity index (χ3v) is 9.13. The van der Waals surface area contributed by atoms with Gasteiger partial charge in [0.1, 0.15) is 5.75 Å². The lowest BCUT2D eigenvalue weighted by atomic mass is 9.88. The van der Waals surface area contributed by atoms with Gasteiger partial charge >= 0.3 is 6.03 Å². The maximum absolute atomic E-state index is 14.3. The van der Waals surface area contributed by atoms with E-state index in [1.165, 1.54) is 6.42 Å². The van der Waals surface area contributed by atoms with Gasteiger partial charge < -0.3 is 35.0 Å². The van der Waals surface area contributed by atoms with Crippen LogP contribution in [0.4, 0.5) is 16.2 Å². The second-order valence-corrected chi connectivity index (χ2v) is 13.0. The molecule has 0 aromatic heterocycles. The number of amides is 4. The van der Waals surface area contributed by atoms with Gasteiger partial charge in [-0.1, -0.05) is 44.4 Å². The van der Waals surface area contributed by atoms with Gasteiger partial charge in [-0.15, -0.1) is 0 Å². The Labute approximate surface area is 273 Å². The third-order valence-electron chi connectivity index (χ3n) is 9.13. The predicted octanol–water partition coefficient (Wildman–Crippen LogP) is 6.16. The fourth-order valence-electron chi connectivity index (χ4n) is 6.30. The van der Waals surface area contributed by atoms with Crippen LogP contribution in [0.15, 0.2) is 48.5 Å². The van der Waals surface area contributed by atoms with Crippen LogP contribution >= 0.6 is 0 Å². The molecule has 252 valence electrons. The highest BCUT2D eigenvalue weighted by molar-refractivity contribution is 6.02. The second kappa shape index (κ2) is 17.3.